The molecule has 2 aromatic rings. The molecule has 0 fully saturated rings. The fraction of sp³-hybridized carbons (Fsp3) is 0.200. The number of rotatable bonds is 8. The van der Waals surface area contributed by atoms with Crippen molar-refractivity contribution in [3.8, 4) is 5.75 Å². The quantitative estimate of drug-likeness (QED) is 0.490. The topological polar surface area (TPSA) is 95.9 Å². The number of halogens is 2. The third kappa shape index (κ3) is 9.55. The van der Waals surface area contributed by atoms with Gasteiger partial charge in [-0.15, -0.1) is 0 Å². The molecule has 0 heterocycles. The van der Waals surface area contributed by atoms with E-state index in [1.54, 1.807) is 0 Å². The van der Waals surface area contributed by atoms with E-state index in [1.807, 2.05) is 43.4 Å². The van der Waals surface area contributed by atoms with Crippen molar-refractivity contribution in [1.29, 1.82) is 0 Å². The van der Waals surface area contributed by atoms with E-state index in [0.29, 0.717) is 22.9 Å². The lowest BCUT2D eigenvalue weighted by Crippen LogP contribution is -2.16. The van der Waals surface area contributed by atoms with Crippen LogP contribution in [0.5, 0.6) is 5.75 Å². The fourth-order valence-corrected chi connectivity index (χ4v) is 2.60. The maximum atomic E-state index is 9.55. The van der Waals surface area contributed by atoms with Gasteiger partial charge in [0.15, 0.2) is 0 Å². The molecule has 0 saturated carbocycles. The van der Waals surface area contributed by atoms with Gasteiger partial charge in [-0.2, -0.15) is 0 Å². The third-order valence-electron chi connectivity index (χ3n) is 3.36. The summed E-state index contributed by atoms with van der Waals surface area (Å²) < 4.78 is 7.07. The number of carboxylic acid groups (broad SMARTS) is 2. The van der Waals surface area contributed by atoms with Gasteiger partial charge in [0.1, 0.15) is 11.9 Å². The van der Waals surface area contributed by atoms with Crippen molar-refractivity contribution in [1.82, 2.24) is 5.32 Å². The lowest BCUT2D eigenvalue weighted by molar-refractivity contribution is -0.134. The molecule has 28 heavy (non-hydrogen) atoms. The minimum atomic E-state index is -1.26. The summed E-state index contributed by atoms with van der Waals surface area (Å²) in [4.78, 5) is 19.1. The minimum Gasteiger partial charge on any atom is -0.484 e. The molecule has 8 heteroatoms. The van der Waals surface area contributed by atoms with Crippen molar-refractivity contribution in [3.63, 3.8) is 0 Å². The van der Waals surface area contributed by atoms with Crippen molar-refractivity contribution in [2.24, 2.45) is 0 Å². The van der Waals surface area contributed by atoms with Crippen LogP contribution in [-0.2, 0) is 9.59 Å². The highest BCUT2D eigenvalue weighted by Gasteiger charge is 2.14. The largest absolute Gasteiger partial charge is 0.484 e. The van der Waals surface area contributed by atoms with E-state index in [2.05, 4.69) is 33.4 Å². The maximum Gasteiger partial charge on any atom is 0.328 e. The monoisotopic (exact) mass is 469 g/mol. The van der Waals surface area contributed by atoms with Gasteiger partial charge in [-0.3, -0.25) is 0 Å². The number of hydrogen-bond donors (Lipinski definition) is 3. The molecule has 0 amide bonds. The number of benzene rings is 2. The molecule has 6 nitrogen and oxygen atoms in total. The molecule has 0 radical (unpaired) electrons. The zero-order chi connectivity index (χ0) is 20.9. The molecule has 3 N–H and O–H groups in total. The molecule has 0 aliphatic heterocycles. The Bertz CT molecular complexity index is 782. The summed E-state index contributed by atoms with van der Waals surface area (Å²) in [6.07, 6.45) is 1.98. The van der Waals surface area contributed by atoms with Gasteiger partial charge in [-0.05, 0) is 37.4 Å². The van der Waals surface area contributed by atoms with Crippen LogP contribution in [0.3, 0.4) is 0 Å². The van der Waals surface area contributed by atoms with Crippen molar-refractivity contribution >= 4 is 39.5 Å². The third-order valence-corrected chi connectivity index (χ3v) is 4.16. The van der Waals surface area contributed by atoms with Crippen LogP contribution in [0.1, 0.15) is 18.1 Å². The van der Waals surface area contributed by atoms with E-state index >= 15 is 0 Å². The number of carbonyl (C=O) groups is 2. The van der Waals surface area contributed by atoms with Crippen LogP contribution >= 0.6 is 27.5 Å². The summed E-state index contributed by atoms with van der Waals surface area (Å²) in [5, 5.41) is 19.4. The lowest BCUT2D eigenvalue weighted by Gasteiger charge is -2.20. The Labute approximate surface area is 176 Å². The van der Waals surface area contributed by atoms with E-state index in [4.69, 9.17) is 26.6 Å². The highest BCUT2D eigenvalue weighted by molar-refractivity contribution is 9.10. The first-order valence-electron chi connectivity index (χ1n) is 8.28. The Morgan fingerprint density at radius 1 is 1.14 bits per heavy atom. The molecule has 2 aromatic carbocycles. The molecule has 2 rings (SSSR count). The normalized spacial score (nSPS) is 11.4. The molecule has 0 bridgehead atoms. The van der Waals surface area contributed by atoms with Gasteiger partial charge in [0.05, 0.1) is 5.02 Å². The first-order chi connectivity index (χ1) is 13.3. The van der Waals surface area contributed by atoms with Crippen molar-refractivity contribution < 1.29 is 24.5 Å². The molecular weight excluding hydrogens is 450 g/mol. The number of nitrogens with one attached hydrogen (secondary N) is 1. The molecular formula is C20H21BrClNO5. The average Bonchev–Trinajstić information content (AvgIpc) is 2.67. The van der Waals surface area contributed by atoms with Crippen LogP contribution in [0.25, 0.3) is 0 Å². The van der Waals surface area contributed by atoms with Crippen LogP contribution in [0.4, 0.5) is 0 Å². The number of hydrogen-bond acceptors (Lipinski definition) is 4. The summed E-state index contributed by atoms with van der Waals surface area (Å²) in [7, 11) is 1.94. The summed E-state index contributed by atoms with van der Waals surface area (Å²) in [5.41, 5.74) is 1.15. The van der Waals surface area contributed by atoms with E-state index in [0.717, 1.165) is 23.0 Å². The zero-order valence-electron chi connectivity index (χ0n) is 15.1. The Kier molecular flexibility index (Phi) is 10.9. The first-order valence-corrected chi connectivity index (χ1v) is 9.45. The van der Waals surface area contributed by atoms with Crippen molar-refractivity contribution in [2.75, 3.05) is 13.6 Å². The van der Waals surface area contributed by atoms with Gasteiger partial charge in [-0.1, -0.05) is 57.9 Å². The molecule has 1 atom stereocenters. The van der Waals surface area contributed by atoms with Gasteiger partial charge in [-0.25, -0.2) is 9.59 Å². The highest BCUT2D eigenvalue weighted by atomic mass is 79.9. The Morgan fingerprint density at radius 3 is 2.29 bits per heavy atom. The van der Waals surface area contributed by atoms with Crippen LogP contribution in [0, 0.1) is 0 Å². The Balaban J connectivity index is 0.000000416. The molecule has 0 spiro atoms. The van der Waals surface area contributed by atoms with E-state index < -0.39 is 11.9 Å². The van der Waals surface area contributed by atoms with Gasteiger partial charge in [0, 0.05) is 23.0 Å². The van der Waals surface area contributed by atoms with E-state index in [-0.39, 0.29) is 6.10 Å². The van der Waals surface area contributed by atoms with Crippen LogP contribution in [0.15, 0.2) is 65.2 Å². The van der Waals surface area contributed by atoms with Gasteiger partial charge >= 0.3 is 11.9 Å². The smallest absolute Gasteiger partial charge is 0.328 e. The molecule has 0 aliphatic carbocycles. The predicted molar refractivity (Wildman–Crippen MR) is 112 cm³/mol. The second-order valence-electron chi connectivity index (χ2n) is 5.49. The van der Waals surface area contributed by atoms with Gasteiger partial charge < -0.3 is 20.3 Å². The van der Waals surface area contributed by atoms with Crippen LogP contribution in [0.2, 0.25) is 5.02 Å². The van der Waals surface area contributed by atoms with Gasteiger partial charge in [0.2, 0.25) is 0 Å². The number of aliphatic carboxylic acids is 2. The van der Waals surface area contributed by atoms with E-state index in [9.17, 15) is 9.59 Å². The first kappa shape index (κ1) is 23.7. The highest BCUT2D eigenvalue weighted by Crippen LogP contribution is 2.32. The molecule has 150 valence electrons. The summed E-state index contributed by atoms with van der Waals surface area (Å²) >= 11 is 9.64. The molecule has 0 aromatic heterocycles. The SMILES string of the molecule is CNCCC(Oc1cc(Br)ccc1Cl)c1ccccc1.O=C(O)C=CC(=O)O. The summed E-state index contributed by atoms with van der Waals surface area (Å²) in [5.74, 6) is -1.81. The Morgan fingerprint density at radius 2 is 1.75 bits per heavy atom. The van der Waals surface area contributed by atoms with Crippen LogP contribution in [-0.4, -0.2) is 35.7 Å². The van der Waals surface area contributed by atoms with E-state index in [1.165, 1.54) is 0 Å². The standard InChI is InChI=1S/C16H17BrClNO.C4H4O4/c1-19-10-9-15(12-5-3-2-4-6-12)20-16-11-13(17)7-8-14(16)18;5-3(6)1-2-4(7)8/h2-8,11,15,19H,9-10H2,1H3;1-2H,(H,5,6)(H,7,8). The number of ether oxygens (including phenoxy) is 1. The minimum absolute atomic E-state index is 0.0181. The predicted octanol–water partition coefficient (Wildman–Crippen LogP) is 4.54. The summed E-state index contributed by atoms with van der Waals surface area (Å²) in [6, 6.07) is 15.8. The number of carboxylic acids is 2. The van der Waals surface area contributed by atoms with Crippen molar-refractivity contribution in [3.05, 3.63) is 75.7 Å². The second kappa shape index (κ2) is 12.9. The second-order valence-corrected chi connectivity index (χ2v) is 6.82. The van der Waals surface area contributed by atoms with Crippen LogP contribution < -0.4 is 10.1 Å². The maximum absolute atomic E-state index is 9.55. The van der Waals surface area contributed by atoms with Crippen molar-refractivity contribution in [2.45, 2.75) is 12.5 Å². The molecule has 0 saturated heterocycles. The lowest BCUT2D eigenvalue weighted by atomic mass is 10.1. The zero-order valence-corrected chi connectivity index (χ0v) is 17.5. The van der Waals surface area contributed by atoms with Gasteiger partial charge in [0.25, 0.3) is 0 Å². The summed E-state index contributed by atoms with van der Waals surface area (Å²) in [6.45, 7) is 0.880. The Hall–Kier alpha value is -2.35. The average molecular weight is 471 g/mol. The molecule has 1 unspecified atom stereocenters. The fourth-order valence-electron chi connectivity index (χ4n) is 2.10. The molecule has 0 aliphatic rings.